The fraction of sp³-hybridized carbons (Fsp3) is 0.846. The molecule has 0 aliphatic heterocycles. The lowest BCUT2D eigenvalue weighted by Crippen LogP contribution is -2.01. The van der Waals surface area contributed by atoms with Crippen molar-refractivity contribution in [3.63, 3.8) is 0 Å². The number of allylic oxidation sites excluding steroid dienone is 2. The Balaban J connectivity index is 2.52. The van der Waals surface area contributed by atoms with Crippen molar-refractivity contribution in [1.29, 1.82) is 0 Å². The number of rotatable bonds is 3. The van der Waals surface area contributed by atoms with Gasteiger partial charge in [-0.15, -0.1) is 0 Å². The van der Waals surface area contributed by atoms with Gasteiger partial charge in [0.25, 0.3) is 0 Å². The van der Waals surface area contributed by atoms with E-state index < -0.39 is 0 Å². The molecule has 0 nitrogen and oxygen atoms in total. The average molecular weight is 259 g/mol. The molecule has 1 rings (SSSR count). The molecule has 1 saturated carbocycles. The van der Waals surface area contributed by atoms with Crippen molar-refractivity contribution in [2.75, 3.05) is 5.33 Å². The van der Waals surface area contributed by atoms with Crippen molar-refractivity contribution >= 4 is 15.9 Å². The number of hydrogen-bond donors (Lipinski definition) is 0. The summed E-state index contributed by atoms with van der Waals surface area (Å²) in [6.45, 7) is 4.59. The Kier molecular flexibility index (Phi) is 5.84. The Morgan fingerprint density at radius 1 is 1.21 bits per heavy atom. The second kappa shape index (κ2) is 6.66. The first kappa shape index (κ1) is 12.3. The molecule has 0 aromatic rings. The molecule has 0 aromatic carbocycles. The summed E-state index contributed by atoms with van der Waals surface area (Å²) in [6, 6.07) is 0. The smallest absolute Gasteiger partial charge is 0.0244 e. The maximum atomic E-state index is 3.59. The Bertz CT molecular complexity index is 174. The van der Waals surface area contributed by atoms with Crippen LogP contribution >= 0.6 is 15.9 Å². The van der Waals surface area contributed by atoms with Crippen molar-refractivity contribution in [2.24, 2.45) is 11.8 Å². The minimum atomic E-state index is 0.706. The van der Waals surface area contributed by atoms with Gasteiger partial charge in [-0.05, 0) is 24.7 Å². The fourth-order valence-electron chi connectivity index (χ4n) is 2.17. The van der Waals surface area contributed by atoms with Crippen molar-refractivity contribution < 1.29 is 0 Å². The molecule has 0 bridgehead atoms. The molecule has 0 N–H and O–H groups in total. The monoisotopic (exact) mass is 258 g/mol. The molecule has 1 heteroatoms. The molecule has 0 radical (unpaired) electrons. The molecule has 1 aliphatic carbocycles. The summed E-state index contributed by atoms with van der Waals surface area (Å²) in [5.41, 5.74) is 1.59. The Morgan fingerprint density at radius 3 is 2.21 bits per heavy atom. The maximum Gasteiger partial charge on any atom is 0.0244 e. The standard InChI is InChI=1S/C13H23Br/c1-11(2)13(10-14)9-12-7-5-3-4-6-8-12/h9,11-12H,3-8,10H2,1-2H3. The summed E-state index contributed by atoms with van der Waals surface area (Å²) >= 11 is 3.59. The van der Waals surface area contributed by atoms with Crippen LogP contribution in [0.2, 0.25) is 0 Å². The highest BCUT2D eigenvalue weighted by atomic mass is 79.9. The SMILES string of the molecule is CC(C)C(=CC1CCCCCC1)CBr. The van der Waals surface area contributed by atoms with Crippen LogP contribution in [0.15, 0.2) is 11.6 Å². The first-order valence-electron chi connectivity index (χ1n) is 6.00. The fourth-order valence-corrected chi connectivity index (χ4v) is 3.01. The predicted octanol–water partition coefficient (Wildman–Crippen LogP) is 4.93. The highest BCUT2D eigenvalue weighted by Gasteiger charge is 2.11. The zero-order chi connectivity index (χ0) is 10.4. The molecule has 0 heterocycles. The third kappa shape index (κ3) is 4.16. The topological polar surface area (TPSA) is 0 Å². The normalized spacial score (nSPS) is 21.3. The van der Waals surface area contributed by atoms with E-state index in [2.05, 4.69) is 35.9 Å². The van der Waals surface area contributed by atoms with E-state index in [9.17, 15) is 0 Å². The van der Waals surface area contributed by atoms with E-state index in [0.29, 0.717) is 5.92 Å². The number of halogens is 1. The summed E-state index contributed by atoms with van der Waals surface area (Å²) in [5.74, 6) is 1.57. The van der Waals surface area contributed by atoms with Crippen molar-refractivity contribution in [2.45, 2.75) is 52.4 Å². The van der Waals surface area contributed by atoms with Crippen LogP contribution in [0.4, 0.5) is 0 Å². The second-order valence-electron chi connectivity index (χ2n) is 4.78. The van der Waals surface area contributed by atoms with Gasteiger partial charge >= 0.3 is 0 Å². The lowest BCUT2D eigenvalue weighted by molar-refractivity contribution is 0.550. The quantitative estimate of drug-likeness (QED) is 0.383. The van der Waals surface area contributed by atoms with E-state index in [1.54, 1.807) is 5.57 Å². The van der Waals surface area contributed by atoms with E-state index in [-0.39, 0.29) is 0 Å². The summed E-state index contributed by atoms with van der Waals surface area (Å²) in [5, 5.41) is 1.06. The van der Waals surface area contributed by atoms with Gasteiger partial charge in [-0.1, -0.05) is 67.1 Å². The molecule has 0 saturated heterocycles. The van der Waals surface area contributed by atoms with Crippen molar-refractivity contribution in [3.8, 4) is 0 Å². The van der Waals surface area contributed by atoms with Crippen LogP contribution < -0.4 is 0 Å². The number of hydrogen-bond acceptors (Lipinski definition) is 0. The minimum absolute atomic E-state index is 0.706. The van der Waals surface area contributed by atoms with Crippen LogP contribution in [0.1, 0.15) is 52.4 Å². The third-order valence-corrected chi connectivity index (χ3v) is 3.89. The van der Waals surface area contributed by atoms with Gasteiger partial charge in [-0.3, -0.25) is 0 Å². The van der Waals surface area contributed by atoms with Crippen molar-refractivity contribution in [1.82, 2.24) is 0 Å². The molecular formula is C13H23Br. The van der Waals surface area contributed by atoms with Gasteiger partial charge in [-0.2, -0.15) is 0 Å². The van der Waals surface area contributed by atoms with Gasteiger partial charge < -0.3 is 0 Å². The van der Waals surface area contributed by atoms with E-state index in [0.717, 1.165) is 11.2 Å². The molecule has 82 valence electrons. The highest BCUT2D eigenvalue weighted by Crippen LogP contribution is 2.26. The lowest BCUT2D eigenvalue weighted by Gasteiger charge is -2.14. The Labute approximate surface area is 97.3 Å². The van der Waals surface area contributed by atoms with Crippen LogP contribution in [-0.4, -0.2) is 5.33 Å². The largest absolute Gasteiger partial charge is 0.0880 e. The van der Waals surface area contributed by atoms with Crippen LogP contribution in [-0.2, 0) is 0 Å². The van der Waals surface area contributed by atoms with Gasteiger partial charge in [0, 0.05) is 5.33 Å². The second-order valence-corrected chi connectivity index (χ2v) is 5.34. The molecular weight excluding hydrogens is 236 g/mol. The molecule has 0 atom stereocenters. The average Bonchev–Trinajstić information content (AvgIpc) is 2.41. The summed E-state index contributed by atoms with van der Waals surface area (Å²) in [7, 11) is 0. The Morgan fingerprint density at radius 2 is 1.79 bits per heavy atom. The maximum absolute atomic E-state index is 3.59. The molecule has 1 aliphatic rings. The zero-order valence-electron chi connectivity index (χ0n) is 9.56. The summed E-state index contributed by atoms with van der Waals surface area (Å²) in [4.78, 5) is 0. The van der Waals surface area contributed by atoms with Gasteiger partial charge in [0.2, 0.25) is 0 Å². The van der Waals surface area contributed by atoms with Crippen molar-refractivity contribution in [3.05, 3.63) is 11.6 Å². The van der Waals surface area contributed by atoms with Crippen LogP contribution in [0.3, 0.4) is 0 Å². The zero-order valence-corrected chi connectivity index (χ0v) is 11.1. The van der Waals surface area contributed by atoms with Gasteiger partial charge in [-0.25, -0.2) is 0 Å². The molecule has 0 unspecified atom stereocenters. The summed E-state index contributed by atoms with van der Waals surface area (Å²) < 4.78 is 0. The van der Waals surface area contributed by atoms with Crippen LogP contribution in [0, 0.1) is 11.8 Å². The highest BCUT2D eigenvalue weighted by molar-refractivity contribution is 9.09. The Hall–Kier alpha value is 0.220. The first-order chi connectivity index (χ1) is 6.74. The molecule has 0 spiro atoms. The van der Waals surface area contributed by atoms with E-state index in [4.69, 9.17) is 0 Å². The summed E-state index contributed by atoms with van der Waals surface area (Å²) in [6.07, 6.45) is 11.2. The predicted molar refractivity (Wildman–Crippen MR) is 67.9 cm³/mol. The molecule has 14 heavy (non-hydrogen) atoms. The lowest BCUT2D eigenvalue weighted by atomic mass is 9.94. The molecule has 0 aromatic heterocycles. The van der Waals surface area contributed by atoms with Gasteiger partial charge in [0.1, 0.15) is 0 Å². The van der Waals surface area contributed by atoms with E-state index in [1.807, 2.05) is 0 Å². The van der Waals surface area contributed by atoms with Crippen LogP contribution in [0.25, 0.3) is 0 Å². The van der Waals surface area contributed by atoms with E-state index in [1.165, 1.54) is 38.5 Å². The molecule has 0 amide bonds. The van der Waals surface area contributed by atoms with Gasteiger partial charge in [0.15, 0.2) is 0 Å². The van der Waals surface area contributed by atoms with Crippen LogP contribution in [0.5, 0.6) is 0 Å². The number of alkyl halides is 1. The van der Waals surface area contributed by atoms with Gasteiger partial charge in [0.05, 0.1) is 0 Å². The first-order valence-corrected chi connectivity index (χ1v) is 7.12. The molecule has 1 fully saturated rings. The third-order valence-electron chi connectivity index (χ3n) is 3.25. The van der Waals surface area contributed by atoms with E-state index >= 15 is 0 Å². The minimum Gasteiger partial charge on any atom is -0.0880 e.